The molecule has 0 spiro atoms. The second-order valence-corrected chi connectivity index (χ2v) is 7.01. The molecule has 5 nitrogen and oxygen atoms in total. The predicted molar refractivity (Wildman–Crippen MR) is 91.8 cm³/mol. The van der Waals surface area contributed by atoms with Crippen LogP contribution in [0.3, 0.4) is 0 Å². The first-order valence-corrected chi connectivity index (χ1v) is 8.87. The minimum absolute atomic E-state index is 0.148. The third kappa shape index (κ3) is 4.03. The maximum Gasteiger partial charge on any atom is 0.251 e. The molecule has 2 aliphatic heterocycles. The highest BCUT2D eigenvalue weighted by Crippen LogP contribution is 2.39. The van der Waals surface area contributed by atoms with Crippen LogP contribution >= 0.6 is 23.2 Å². The Morgan fingerprint density at radius 1 is 1.17 bits per heavy atom. The lowest BCUT2D eigenvalue weighted by Gasteiger charge is -2.39. The molecule has 2 aliphatic rings. The largest absolute Gasteiger partial charge is 0.381 e. The summed E-state index contributed by atoms with van der Waals surface area (Å²) in [6.45, 7) is 3.03. The van der Waals surface area contributed by atoms with Gasteiger partial charge < -0.3 is 19.5 Å². The fraction of sp³-hybridized carbons (Fsp3) is 0.588. The third-order valence-corrected chi connectivity index (χ3v) is 5.21. The van der Waals surface area contributed by atoms with E-state index in [1.165, 1.54) is 0 Å². The molecule has 2 fully saturated rings. The molecule has 1 aromatic rings. The Balaban J connectivity index is 1.74. The van der Waals surface area contributed by atoms with Gasteiger partial charge in [-0.3, -0.25) is 4.79 Å². The van der Waals surface area contributed by atoms with E-state index in [0.717, 1.165) is 18.4 Å². The first kappa shape index (κ1) is 18.0. The molecule has 2 heterocycles. The molecule has 0 aromatic heterocycles. The van der Waals surface area contributed by atoms with Gasteiger partial charge in [0.05, 0.1) is 19.8 Å². The number of hydrogen-bond acceptors (Lipinski definition) is 4. The van der Waals surface area contributed by atoms with E-state index < -0.39 is 6.10 Å². The standard InChI is InChI=1S/C17H21Cl2NO4/c18-12-1-2-13(14(19)9-12)17(3-5-22-6-4-17)11-20-16(21)15-10-23-7-8-24-15/h1-2,9,15H,3-8,10-11H2,(H,20,21)/t15-/m0/s1. The van der Waals surface area contributed by atoms with E-state index in [1.807, 2.05) is 12.1 Å². The van der Waals surface area contributed by atoms with Gasteiger partial charge in [0.1, 0.15) is 0 Å². The van der Waals surface area contributed by atoms with Gasteiger partial charge in [-0.2, -0.15) is 0 Å². The van der Waals surface area contributed by atoms with Gasteiger partial charge in [-0.15, -0.1) is 0 Å². The molecule has 0 aliphatic carbocycles. The van der Waals surface area contributed by atoms with Crippen molar-refractivity contribution < 1.29 is 19.0 Å². The van der Waals surface area contributed by atoms with Gasteiger partial charge in [-0.25, -0.2) is 0 Å². The van der Waals surface area contributed by atoms with Gasteiger partial charge in [-0.1, -0.05) is 29.3 Å². The van der Waals surface area contributed by atoms with E-state index in [1.54, 1.807) is 6.07 Å². The van der Waals surface area contributed by atoms with Crippen LogP contribution in [0.1, 0.15) is 18.4 Å². The highest BCUT2D eigenvalue weighted by Gasteiger charge is 2.37. The molecule has 1 atom stereocenters. The summed E-state index contributed by atoms with van der Waals surface area (Å²) in [5.41, 5.74) is 0.739. The second-order valence-electron chi connectivity index (χ2n) is 6.17. The van der Waals surface area contributed by atoms with Crippen LogP contribution in [0.15, 0.2) is 18.2 Å². The Labute approximate surface area is 151 Å². The predicted octanol–water partition coefficient (Wildman–Crippen LogP) is 2.57. The van der Waals surface area contributed by atoms with Crippen LogP contribution in [0, 0.1) is 0 Å². The van der Waals surface area contributed by atoms with Crippen LogP contribution in [0.25, 0.3) is 0 Å². The minimum atomic E-state index is -0.545. The number of benzene rings is 1. The van der Waals surface area contributed by atoms with Gasteiger partial charge in [0.25, 0.3) is 5.91 Å². The number of carbonyl (C=O) groups is 1. The normalized spacial score (nSPS) is 23.7. The van der Waals surface area contributed by atoms with Crippen LogP contribution in [0.5, 0.6) is 0 Å². The first-order valence-electron chi connectivity index (χ1n) is 8.11. The lowest BCUT2D eigenvalue weighted by molar-refractivity contribution is -0.147. The Hall–Kier alpha value is -0.850. The van der Waals surface area contributed by atoms with Crippen molar-refractivity contribution in [2.45, 2.75) is 24.4 Å². The molecule has 1 N–H and O–H groups in total. The van der Waals surface area contributed by atoms with Crippen molar-refractivity contribution in [1.29, 1.82) is 0 Å². The second kappa shape index (κ2) is 8.02. The van der Waals surface area contributed by atoms with Gasteiger partial charge in [0.15, 0.2) is 6.10 Å². The quantitative estimate of drug-likeness (QED) is 0.880. The zero-order valence-corrected chi connectivity index (χ0v) is 14.9. The van der Waals surface area contributed by atoms with Crippen molar-refractivity contribution in [3.05, 3.63) is 33.8 Å². The fourth-order valence-electron chi connectivity index (χ4n) is 3.23. The molecule has 132 valence electrons. The maximum atomic E-state index is 12.4. The molecule has 0 saturated carbocycles. The number of carbonyl (C=O) groups excluding carboxylic acids is 1. The molecule has 3 rings (SSSR count). The van der Waals surface area contributed by atoms with E-state index in [4.69, 9.17) is 37.4 Å². The average Bonchev–Trinajstić information content (AvgIpc) is 2.61. The van der Waals surface area contributed by atoms with Crippen molar-refractivity contribution in [1.82, 2.24) is 5.32 Å². The number of ether oxygens (including phenoxy) is 3. The summed E-state index contributed by atoms with van der Waals surface area (Å²) >= 11 is 12.5. The Kier molecular flexibility index (Phi) is 6.00. The Bertz CT molecular complexity index is 584. The number of nitrogens with one attached hydrogen (secondary N) is 1. The van der Waals surface area contributed by atoms with E-state index >= 15 is 0 Å². The lowest BCUT2D eigenvalue weighted by Crippen LogP contribution is -2.49. The molecular weight excluding hydrogens is 353 g/mol. The molecule has 0 radical (unpaired) electrons. The monoisotopic (exact) mass is 373 g/mol. The van der Waals surface area contributed by atoms with Crippen molar-refractivity contribution in [2.24, 2.45) is 0 Å². The molecule has 1 aromatic carbocycles. The summed E-state index contributed by atoms with van der Waals surface area (Å²) in [6, 6.07) is 5.53. The van der Waals surface area contributed by atoms with E-state index in [0.29, 0.717) is 49.6 Å². The SMILES string of the molecule is O=C(NCC1(c2ccc(Cl)cc2Cl)CCOCC1)[C@@H]1COCCO1. The summed E-state index contributed by atoms with van der Waals surface area (Å²) < 4.78 is 16.3. The van der Waals surface area contributed by atoms with Crippen LogP contribution in [-0.2, 0) is 24.4 Å². The van der Waals surface area contributed by atoms with E-state index in [9.17, 15) is 4.79 Å². The number of hydrogen-bond donors (Lipinski definition) is 1. The highest BCUT2D eigenvalue weighted by atomic mass is 35.5. The average molecular weight is 374 g/mol. The Morgan fingerprint density at radius 2 is 1.96 bits per heavy atom. The fourth-order valence-corrected chi connectivity index (χ4v) is 3.84. The topological polar surface area (TPSA) is 56.8 Å². The van der Waals surface area contributed by atoms with E-state index in [-0.39, 0.29) is 11.3 Å². The van der Waals surface area contributed by atoms with Gasteiger partial charge in [-0.05, 0) is 30.5 Å². The van der Waals surface area contributed by atoms with Gasteiger partial charge in [0, 0.05) is 35.2 Å². The minimum Gasteiger partial charge on any atom is -0.381 e. The van der Waals surface area contributed by atoms with Crippen LogP contribution < -0.4 is 5.32 Å². The molecule has 7 heteroatoms. The summed E-state index contributed by atoms with van der Waals surface area (Å²) in [5, 5.41) is 4.23. The summed E-state index contributed by atoms with van der Waals surface area (Å²) in [7, 11) is 0. The Morgan fingerprint density at radius 3 is 2.62 bits per heavy atom. The molecule has 2 saturated heterocycles. The van der Waals surface area contributed by atoms with Crippen molar-refractivity contribution in [3.63, 3.8) is 0 Å². The first-order chi connectivity index (χ1) is 11.6. The summed E-state index contributed by atoms with van der Waals surface area (Å²) in [6.07, 6.45) is 1.03. The number of amides is 1. The van der Waals surface area contributed by atoms with Crippen molar-refractivity contribution in [3.8, 4) is 0 Å². The lowest BCUT2D eigenvalue weighted by atomic mass is 9.74. The zero-order chi connectivity index (χ0) is 17.0. The van der Waals surface area contributed by atoms with Crippen LogP contribution in [-0.4, -0.2) is 51.6 Å². The van der Waals surface area contributed by atoms with Crippen LogP contribution in [0.2, 0.25) is 10.0 Å². The van der Waals surface area contributed by atoms with Gasteiger partial charge in [0.2, 0.25) is 0 Å². The maximum absolute atomic E-state index is 12.4. The molecule has 0 unspecified atom stereocenters. The molecule has 0 bridgehead atoms. The third-order valence-electron chi connectivity index (χ3n) is 4.66. The summed E-state index contributed by atoms with van der Waals surface area (Å²) in [4.78, 5) is 12.4. The number of halogens is 2. The van der Waals surface area contributed by atoms with Crippen molar-refractivity contribution in [2.75, 3.05) is 39.6 Å². The summed E-state index contributed by atoms with van der Waals surface area (Å²) in [5.74, 6) is -0.148. The molecular formula is C17H21Cl2NO4. The highest BCUT2D eigenvalue weighted by molar-refractivity contribution is 6.35. The molecule has 1 amide bonds. The van der Waals surface area contributed by atoms with Gasteiger partial charge >= 0.3 is 0 Å². The van der Waals surface area contributed by atoms with E-state index in [2.05, 4.69) is 5.32 Å². The number of rotatable bonds is 4. The van der Waals surface area contributed by atoms with Crippen molar-refractivity contribution >= 4 is 29.1 Å². The molecule has 24 heavy (non-hydrogen) atoms. The zero-order valence-electron chi connectivity index (χ0n) is 13.4. The van der Waals surface area contributed by atoms with Crippen LogP contribution in [0.4, 0.5) is 0 Å². The smallest absolute Gasteiger partial charge is 0.251 e.